The van der Waals surface area contributed by atoms with Gasteiger partial charge in [0.25, 0.3) is 0 Å². The molecular formula is C15H22O6. The van der Waals surface area contributed by atoms with Gasteiger partial charge in [-0.15, -0.1) is 0 Å². The van der Waals surface area contributed by atoms with E-state index in [9.17, 15) is 20.1 Å². The van der Waals surface area contributed by atoms with Crippen LogP contribution in [0.4, 0.5) is 0 Å². The highest BCUT2D eigenvalue weighted by molar-refractivity contribution is 5.73. The van der Waals surface area contributed by atoms with E-state index in [4.69, 9.17) is 9.84 Å². The Hall–Kier alpha value is -2.11. The van der Waals surface area contributed by atoms with E-state index in [0.29, 0.717) is 12.8 Å². The van der Waals surface area contributed by atoms with Gasteiger partial charge in [-0.1, -0.05) is 0 Å². The lowest BCUT2D eigenvalue weighted by atomic mass is 9.88. The van der Waals surface area contributed by atoms with E-state index >= 15 is 0 Å². The monoisotopic (exact) mass is 298 g/mol. The number of carbonyl (C=O) groups is 1. The Bertz CT molecular complexity index is 519. The number of phenols is 3. The minimum absolute atomic E-state index is 0.107. The molecular weight excluding hydrogens is 276 g/mol. The summed E-state index contributed by atoms with van der Waals surface area (Å²) in [5, 5.41) is 38.3. The molecule has 4 N–H and O–H groups in total. The SMILES string of the molecule is Cc1c(O)c(O)c(C)c(OCCCC(C)(C)C(=O)O)c1O. The van der Waals surface area contributed by atoms with Crippen molar-refractivity contribution in [2.75, 3.05) is 6.61 Å². The summed E-state index contributed by atoms with van der Waals surface area (Å²) in [7, 11) is 0. The molecule has 6 nitrogen and oxygen atoms in total. The molecule has 1 rings (SSSR count). The second-order valence-corrected chi connectivity index (χ2v) is 5.77. The van der Waals surface area contributed by atoms with E-state index in [0.717, 1.165) is 0 Å². The fraction of sp³-hybridized carbons (Fsp3) is 0.533. The van der Waals surface area contributed by atoms with Crippen LogP contribution in [0.5, 0.6) is 23.0 Å². The second-order valence-electron chi connectivity index (χ2n) is 5.77. The molecule has 0 unspecified atom stereocenters. The highest BCUT2D eigenvalue weighted by atomic mass is 16.5. The summed E-state index contributed by atoms with van der Waals surface area (Å²) in [4.78, 5) is 11.0. The van der Waals surface area contributed by atoms with Gasteiger partial charge in [0.15, 0.2) is 23.0 Å². The van der Waals surface area contributed by atoms with Crippen molar-refractivity contribution in [3.8, 4) is 23.0 Å². The Morgan fingerprint density at radius 1 is 1.05 bits per heavy atom. The van der Waals surface area contributed by atoms with E-state index in [2.05, 4.69) is 0 Å². The van der Waals surface area contributed by atoms with Crippen molar-refractivity contribution in [1.82, 2.24) is 0 Å². The van der Waals surface area contributed by atoms with Crippen molar-refractivity contribution in [3.05, 3.63) is 11.1 Å². The minimum Gasteiger partial charge on any atom is -0.504 e. The van der Waals surface area contributed by atoms with Crippen LogP contribution in [0.15, 0.2) is 0 Å². The fourth-order valence-corrected chi connectivity index (χ4v) is 1.89. The summed E-state index contributed by atoms with van der Waals surface area (Å²) in [6.07, 6.45) is 0.907. The van der Waals surface area contributed by atoms with Crippen LogP contribution in [0.1, 0.15) is 37.8 Å². The zero-order valence-electron chi connectivity index (χ0n) is 12.7. The number of hydrogen-bond donors (Lipinski definition) is 4. The Morgan fingerprint density at radius 2 is 1.57 bits per heavy atom. The number of aromatic hydroxyl groups is 3. The molecule has 0 bridgehead atoms. The zero-order valence-corrected chi connectivity index (χ0v) is 12.7. The highest BCUT2D eigenvalue weighted by Gasteiger charge is 2.26. The average Bonchev–Trinajstić information content (AvgIpc) is 2.42. The fourth-order valence-electron chi connectivity index (χ4n) is 1.89. The van der Waals surface area contributed by atoms with Crippen molar-refractivity contribution in [3.63, 3.8) is 0 Å². The molecule has 0 aliphatic heterocycles. The van der Waals surface area contributed by atoms with Crippen LogP contribution in [-0.2, 0) is 4.79 Å². The standard InChI is InChI=1S/C15H22O6/c1-8-10(16)11(17)9(2)13(12(8)18)21-7-5-6-15(3,4)14(19)20/h16-18H,5-7H2,1-4H3,(H,19,20). The van der Waals surface area contributed by atoms with Gasteiger partial charge in [0.2, 0.25) is 0 Å². The van der Waals surface area contributed by atoms with Crippen molar-refractivity contribution < 1.29 is 30.0 Å². The second kappa shape index (κ2) is 6.11. The number of carboxylic acids is 1. The number of phenolic OH excluding ortho intramolecular Hbond substituents is 3. The number of carboxylic acid groups (broad SMARTS) is 1. The maximum atomic E-state index is 11.0. The molecule has 1 aromatic rings. The molecule has 0 spiro atoms. The van der Waals surface area contributed by atoms with Crippen LogP contribution in [0.2, 0.25) is 0 Å². The van der Waals surface area contributed by atoms with Crippen LogP contribution in [-0.4, -0.2) is 33.0 Å². The number of ether oxygens (including phenoxy) is 1. The molecule has 0 atom stereocenters. The molecule has 0 aromatic heterocycles. The molecule has 118 valence electrons. The number of benzene rings is 1. The molecule has 6 heteroatoms. The predicted octanol–water partition coefficient (Wildman–Crippen LogP) is 2.69. The molecule has 0 saturated heterocycles. The Kier molecular flexibility index (Phi) is 4.93. The molecule has 0 saturated carbocycles. The summed E-state index contributed by atoms with van der Waals surface area (Å²) in [6, 6.07) is 0. The van der Waals surface area contributed by atoms with Crippen molar-refractivity contribution in [1.29, 1.82) is 0 Å². The Morgan fingerprint density at radius 3 is 2.10 bits per heavy atom. The van der Waals surface area contributed by atoms with E-state index < -0.39 is 11.4 Å². The van der Waals surface area contributed by atoms with Gasteiger partial charge in [-0.3, -0.25) is 4.79 Å². The van der Waals surface area contributed by atoms with Crippen LogP contribution in [0, 0.1) is 19.3 Å². The molecule has 0 radical (unpaired) electrons. The summed E-state index contributed by atoms with van der Waals surface area (Å²) >= 11 is 0. The van der Waals surface area contributed by atoms with E-state index in [1.807, 2.05) is 0 Å². The third-order valence-corrected chi connectivity index (χ3v) is 3.62. The van der Waals surface area contributed by atoms with Gasteiger partial charge in [0.1, 0.15) is 0 Å². The molecule has 21 heavy (non-hydrogen) atoms. The third-order valence-electron chi connectivity index (χ3n) is 3.62. The van der Waals surface area contributed by atoms with Crippen molar-refractivity contribution in [2.24, 2.45) is 5.41 Å². The largest absolute Gasteiger partial charge is 0.504 e. The molecule has 0 amide bonds. The molecule has 1 aromatic carbocycles. The summed E-state index contributed by atoms with van der Waals surface area (Å²) in [6.45, 7) is 6.45. The lowest BCUT2D eigenvalue weighted by molar-refractivity contribution is -0.147. The number of aliphatic carboxylic acids is 1. The molecule has 0 aliphatic carbocycles. The first kappa shape index (κ1) is 16.9. The van der Waals surface area contributed by atoms with Crippen LogP contribution >= 0.6 is 0 Å². The topological polar surface area (TPSA) is 107 Å². The summed E-state index contributed by atoms with van der Waals surface area (Å²) in [5.41, 5.74) is -0.458. The predicted molar refractivity (Wildman–Crippen MR) is 77.1 cm³/mol. The first-order valence-corrected chi connectivity index (χ1v) is 6.69. The van der Waals surface area contributed by atoms with Gasteiger partial charge in [-0.2, -0.15) is 0 Å². The average molecular weight is 298 g/mol. The molecule has 0 fully saturated rings. The normalized spacial score (nSPS) is 11.4. The number of hydrogen-bond acceptors (Lipinski definition) is 5. The van der Waals surface area contributed by atoms with Gasteiger partial charge < -0.3 is 25.2 Å². The van der Waals surface area contributed by atoms with Crippen molar-refractivity contribution >= 4 is 5.97 Å². The summed E-state index contributed by atoms with van der Waals surface area (Å²) in [5.74, 6) is -1.69. The smallest absolute Gasteiger partial charge is 0.309 e. The lowest BCUT2D eigenvalue weighted by Crippen LogP contribution is -2.24. The lowest BCUT2D eigenvalue weighted by Gasteiger charge is -2.19. The van der Waals surface area contributed by atoms with E-state index in [1.165, 1.54) is 13.8 Å². The minimum atomic E-state index is -0.875. The van der Waals surface area contributed by atoms with E-state index in [1.54, 1.807) is 13.8 Å². The van der Waals surface area contributed by atoms with E-state index in [-0.39, 0.29) is 40.7 Å². The third kappa shape index (κ3) is 3.51. The van der Waals surface area contributed by atoms with Gasteiger partial charge in [0.05, 0.1) is 12.0 Å². The quantitative estimate of drug-likeness (QED) is 0.365. The molecule has 0 heterocycles. The molecule has 0 aliphatic rings. The van der Waals surface area contributed by atoms with Gasteiger partial charge >= 0.3 is 5.97 Å². The Balaban J connectivity index is 2.76. The maximum absolute atomic E-state index is 11.0. The van der Waals surface area contributed by atoms with Gasteiger partial charge in [-0.05, 0) is 40.5 Å². The van der Waals surface area contributed by atoms with Gasteiger partial charge in [0, 0.05) is 11.1 Å². The van der Waals surface area contributed by atoms with Crippen molar-refractivity contribution in [2.45, 2.75) is 40.5 Å². The first-order valence-electron chi connectivity index (χ1n) is 6.69. The van der Waals surface area contributed by atoms with Crippen LogP contribution in [0.25, 0.3) is 0 Å². The first-order chi connectivity index (χ1) is 9.59. The maximum Gasteiger partial charge on any atom is 0.309 e. The zero-order chi connectivity index (χ0) is 16.4. The van der Waals surface area contributed by atoms with Crippen LogP contribution in [0.3, 0.4) is 0 Å². The number of rotatable bonds is 6. The van der Waals surface area contributed by atoms with Crippen LogP contribution < -0.4 is 4.74 Å². The Labute approximate surface area is 123 Å². The van der Waals surface area contributed by atoms with Gasteiger partial charge in [-0.25, -0.2) is 0 Å². The highest BCUT2D eigenvalue weighted by Crippen LogP contribution is 2.46. The summed E-state index contributed by atoms with van der Waals surface area (Å²) < 4.78 is 5.45.